The van der Waals surface area contributed by atoms with Gasteiger partial charge < -0.3 is 24.1 Å². The second-order valence-corrected chi connectivity index (χ2v) is 9.26. The van der Waals surface area contributed by atoms with Crippen LogP contribution in [0.1, 0.15) is 31.7 Å². The van der Waals surface area contributed by atoms with E-state index in [2.05, 4.69) is 15.5 Å². The molecular weight excluding hydrogens is 474 g/mol. The van der Waals surface area contributed by atoms with Gasteiger partial charge in [-0.15, -0.1) is 21.5 Å². The van der Waals surface area contributed by atoms with Crippen LogP contribution < -0.4 is 14.8 Å². The molecule has 2 aliphatic heterocycles. The van der Waals surface area contributed by atoms with Gasteiger partial charge in [0.05, 0.1) is 11.4 Å². The van der Waals surface area contributed by atoms with E-state index in [0.717, 1.165) is 9.78 Å². The predicted molar refractivity (Wildman–Crippen MR) is 123 cm³/mol. The number of carbonyl (C=O) groups excluding carboxylic acids is 3. The molecule has 12 heteroatoms. The number of amides is 4. The van der Waals surface area contributed by atoms with Gasteiger partial charge in [0.1, 0.15) is 12.1 Å². The highest BCUT2D eigenvalue weighted by Crippen LogP contribution is 2.37. The number of hydrogen-bond donors (Lipinski definition) is 1. The first-order chi connectivity index (χ1) is 16.9. The summed E-state index contributed by atoms with van der Waals surface area (Å²) in [7, 11) is 0. The molecule has 1 saturated heterocycles. The molecule has 0 radical (unpaired) electrons. The van der Waals surface area contributed by atoms with E-state index in [1.807, 2.05) is 24.4 Å². The van der Waals surface area contributed by atoms with Crippen LogP contribution in [0.15, 0.2) is 40.1 Å². The summed E-state index contributed by atoms with van der Waals surface area (Å²) in [6.07, 6.45) is 0.673. The summed E-state index contributed by atoms with van der Waals surface area (Å²) in [5.41, 5.74) is -0.803. The Kier molecular flexibility index (Phi) is 5.89. The molecule has 182 valence electrons. The van der Waals surface area contributed by atoms with Gasteiger partial charge in [0.15, 0.2) is 11.5 Å². The van der Waals surface area contributed by atoms with Crippen LogP contribution in [0.5, 0.6) is 11.5 Å². The maximum atomic E-state index is 13.3. The molecule has 0 unspecified atom stereocenters. The van der Waals surface area contributed by atoms with Crippen LogP contribution in [-0.4, -0.2) is 57.7 Å². The quantitative estimate of drug-likeness (QED) is 0.471. The zero-order valence-corrected chi connectivity index (χ0v) is 20.0. The Morgan fingerprint density at radius 3 is 2.83 bits per heavy atom. The molecule has 0 bridgehead atoms. The molecule has 4 amide bonds. The fourth-order valence-corrected chi connectivity index (χ4v) is 4.67. The van der Waals surface area contributed by atoms with Crippen molar-refractivity contribution in [2.45, 2.75) is 32.4 Å². The number of hydrogen-bond acceptors (Lipinski definition) is 9. The van der Waals surface area contributed by atoms with Gasteiger partial charge in [-0.1, -0.05) is 19.1 Å². The second kappa shape index (κ2) is 9.02. The van der Waals surface area contributed by atoms with Gasteiger partial charge in [-0.2, -0.15) is 0 Å². The number of fused-ring (bicyclic) bond motifs is 1. The summed E-state index contributed by atoms with van der Waals surface area (Å²) in [4.78, 5) is 42.5. The highest BCUT2D eigenvalue weighted by atomic mass is 32.1. The van der Waals surface area contributed by atoms with Crippen molar-refractivity contribution in [2.75, 3.05) is 19.9 Å². The highest BCUT2D eigenvalue weighted by Gasteiger charge is 2.50. The Morgan fingerprint density at radius 1 is 1.23 bits per heavy atom. The lowest BCUT2D eigenvalue weighted by Crippen LogP contribution is -2.44. The summed E-state index contributed by atoms with van der Waals surface area (Å²) in [6.45, 7) is 3.70. The topological polar surface area (TPSA) is 127 Å². The third kappa shape index (κ3) is 4.20. The van der Waals surface area contributed by atoms with Gasteiger partial charge in [0.25, 0.3) is 11.8 Å². The number of imide groups is 1. The van der Waals surface area contributed by atoms with Gasteiger partial charge in [0.2, 0.25) is 18.6 Å². The van der Waals surface area contributed by atoms with Gasteiger partial charge in [0, 0.05) is 6.54 Å². The smallest absolute Gasteiger partial charge is 0.325 e. The SMILES string of the molecule is CCCN(Cc1nnc(-c2cccs2)o1)C(=O)CN1C(=O)N[C@@](C)(c2ccc3c(c2)OCO3)C1=O. The molecule has 3 aromatic rings. The summed E-state index contributed by atoms with van der Waals surface area (Å²) in [5, 5.41) is 12.7. The van der Waals surface area contributed by atoms with Gasteiger partial charge in [-0.05, 0) is 42.5 Å². The van der Waals surface area contributed by atoms with E-state index in [1.54, 1.807) is 25.1 Å². The summed E-state index contributed by atoms with van der Waals surface area (Å²) in [5.74, 6) is 0.797. The van der Waals surface area contributed by atoms with Crippen molar-refractivity contribution in [1.29, 1.82) is 0 Å². The second-order valence-electron chi connectivity index (χ2n) is 8.31. The summed E-state index contributed by atoms with van der Waals surface area (Å²) >= 11 is 1.47. The lowest BCUT2D eigenvalue weighted by atomic mass is 9.91. The minimum absolute atomic E-state index is 0.0775. The number of thiophene rings is 1. The number of urea groups is 1. The molecule has 0 saturated carbocycles. The minimum atomic E-state index is -1.34. The molecule has 0 spiro atoms. The average Bonchev–Trinajstić information content (AvgIpc) is 3.64. The largest absolute Gasteiger partial charge is 0.454 e. The molecule has 2 aliphatic rings. The van der Waals surface area contributed by atoms with E-state index in [0.29, 0.717) is 35.9 Å². The third-order valence-corrected chi connectivity index (χ3v) is 6.75. The maximum Gasteiger partial charge on any atom is 0.325 e. The molecule has 35 heavy (non-hydrogen) atoms. The molecule has 4 heterocycles. The van der Waals surface area contributed by atoms with Crippen LogP contribution in [0.2, 0.25) is 0 Å². The Morgan fingerprint density at radius 2 is 2.06 bits per heavy atom. The lowest BCUT2D eigenvalue weighted by Gasteiger charge is -2.24. The Hall–Kier alpha value is -3.93. The van der Waals surface area contributed by atoms with Crippen molar-refractivity contribution < 1.29 is 28.3 Å². The molecule has 1 atom stereocenters. The number of nitrogens with zero attached hydrogens (tertiary/aromatic N) is 4. The van der Waals surface area contributed by atoms with Crippen molar-refractivity contribution in [3.05, 3.63) is 47.2 Å². The van der Waals surface area contributed by atoms with Gasteiger partial charge in [-0.3, -0.25) is 14.5 Å². The highest BCUT2D eigenvalue weighted by molar-refractivity contribution is 7.13. The average molecular weight is 498 g/mol. The predicted octanol–water partition coefficient (Wildman–Crippen LogP) is 2.73. The van der Waals surface area contributed by atoms with Crippen LogP contribution in [0.4, 0.5) is 4.79 Å². The molecule has 11 nitrogen and oxygen atoms in total. The Bertz CT molecular complexity index is 1280. The first kappa shape index (κ1) is 22.8. The Balaban J connectivity index is 1.30. The minimum Gasteiger partial charge on any atom is -0.454 e. The van der Waals surface area contributed by atoms with Gasteiger partial charge >= 0.3 is 6.03 Å². The van der Waals surface area contributed by atoms with Gasteiger partial charge in [-0.25, -0.2) is 4.79 Å². The third-order valence-electron chi connectivity index (χ3n) is 5.89. The van der Waals surface area contributed by atoms with Crippen molar-refractivity contribution in [3.63, 3.8) is 0 Å². The number of carbonyl (C=O) groups is 3. The van der Waals surface area contributed by atoms with Crippen LogP contribution in [0.25, 0.3) is 10.8 Å². The van der Waals surface area contributed by atoms with E-state index >= 15 is 0 Å². The first-order valence-electron chi connectivity index (χ1n) is 11.1. The standard InChI is InChI=1S/C23H23N5O6S/c1-3-8-27(11-18-25-26-20(34-18)17-5-4-9-35-17)19(29)12-28-21(30)23(2,24-22(28)31)14-6-7-15-16(10-14)33-13-32-15/h4-7,9-10H,3,8,11-13H2,1-2H3,(H,24,31)/t23-/m0/s1. The summed E-state index contributed by atoms with van der Waals surface area (Å²) in [6, 6.07) is 8.15. The van der Waals surface area contributed by atoms with Crippen LogP contribution in [-0.2, 0) is 21.7 Å². The number of benzene rings is 1. The maximum absolute atomic E-state index is 13.3. The normalized spacial score (nSPS) is 18.7. The number of aromatic nitrogens is 2. The fraction of sp³-hybridized carbons (Fsp3) is 0.348. The Labute approximate surface area is 204 Å². The lowest BCUT2D eigenvalue weighted by molar-refractivity contribution is -0.139. The molecule has 1 N–H and O–H groups in total. The first-order valence-corrected chi connectivity index (χ1v) is 12.0. The van der Waals surface area contributed by atoms with Crippen molar-refractivity contribution in [1.82, 2.24) is 25.3 Å². The van der Waals surface area contributed by atoms with Crippen molar-refractivity contribution in [2.24, 2.45) is 0 Å². The van der Waals surface area contributed by atoms with E-state index in [-0.39, 0.29) is 19.2 Å². The monoisotopic (exact) mass is 497 g/mol. The van der Waals surface area contributed by atoms with Crippen LogP contribution >= 0.6 is 11.3 Å². The van der Waals surface area contributed by atoms with Crippen LogP contribution in [0, 0.1) is 0 Å². The van der Waals surface area contributed by atoms with Crippen LogP contribution in [0.3, 0.4) is 0 Å². The van der Waals surface area contributed by atoms with E-state index in [1.165, 1.54) is 16.2 Å². The van der Waals surface area contributed by atoms with E-state index in [9.17, 15) is 14.4 Å². The van der Waals surface area contributed by atoms with Crippen molar-refractivity contribution >= 4 is 29.2 Å². The molecule has 5 rings (SSSR count). The molecule has 1 fully saturated rings. The zero-order chi connectivity index (χ0) is 24.6. The molecule has 2 aromatic heterocycles. The summed E-state index contributed by atoms with van der Waals surface area (Å²) < 4.78 is 16.4. The van der Waals surface area contributed by atoms with E-state index in [4.69, 9.17) is 13.9 Å². The number of rotatable bonds is 8. The zero-order valence-electron chi connectivity index (χ0n) is 19.1. The molecular formula is C23H23N5O6S. The van der Waals surface area contributed by atoms with E-state index < -0.39 is 29.9 Å². The fourth-order valence-electron chi connectivity index (χ4n) is 4.02. The molecule has 0 aliphatic carbocycles. The number of nitrogens with one attached hydrogen (secondary N) is 1. The number of ether oxygens (including phenoxy) is 2. The molecule has 1 aromatic carbocycles. The van der Waals surface area contributed by atoms with Crippen molar-refractivity contribution in [3.8, 4) is 22.3 Å².